The maximum atomic E-state index is 12.3. The first kappa shape index (κ1) is 18.9. The highest BCUT2D eigenvalue weighted by Crippen LogP contribution is 2.44. The Hall–Kier alpha value is -2.86. The number of alkyl carbamates (subject to hydrolysis) is 1. The molecule has 0 spiro atoms. The average molecular weight is 369 g/mol. The van der Waals surface area contributed by atoms with E-state index in [-0.39, 0.29) is 18.9 Å². The molecule has 0 aliphatic heterocycles. The van der Waals surface area contributed by atoms with Gasteiger partial charge < -0.3 is 19.9 Å². The molecule has 6 nitrogen and oxygen atoms in total. The van der Waals surface area contributed by atoms with E-state index in [0.717, 1.165) is 22.3 Å². The molecule has 6 heteroatoms. The summed E-state index contributed by atoms with van der Waals surface area (Å²) in [6, 6.07) is 15.5. The zero-order valence-electron chi connectivity index (χ0n) is 15.3. The predicted molar refractivity (Wildman–Crippen MR) is 101 cm³/mol. The molecular weight excluding hydrogens is 346 g/mol. The number of nitrogens with one attached hydrogen (secondary N) is 1. The van der Waals surface area contributed by atoms with E-state index in [1.54, 1.807) is 6.92 Å². The van der Waals surface area contributed by atoms with E-state index in [9.17, 15) is 9.59 Å². The summed E-state index contributed by atoms with van der Waals surface area (Å²) >= 11 is 0. The van der Waals surface area contributed by atoms with Gasteiger partial charge in [0.1, 0.15) is 6.61 Å². The van der Waals surface area contributed by atoms with Gasteiger partial charge in [-0.25, -0.2) is 4.79 Å². The molecule has 3 rings (SSSR count). The Morgan fingerprint density at radius 1 is 1.07 bits per heavy atom. The maximum absolute atomic E-state index is 12.3. The van der Waals surface area contributed by atoms with E-state index < -0.39 is 24.2 Å². The van der Waals surface area contributed by atoms with Crippen molar-refractivity contribution >= 4 is 12.1 Å². The third-order valence-electron chi connectivity index (χ3n) is 4.98. The first-order valence-electron chi connectivity index (χ1n) is 8.87. The summed E-state index contributed by atoms with van der Waals surface area (Å²) < 4.78 is 10.6. The molecule has 142 valence electrons. The molecule has 2 N–H and O–H groups in total. The number of ether oxygens (including phenoxy) is 2. The van der Waals surface area contributed by atoms with Crippen molar-refractivity contribution in [1.29, 1.82) is 0 Å². The first-order chi connectivity index (χ1) is 13.0. The largest absolute Gasteiger partial charge is 0.481 e. The van der Waals surface area contributed by atoms with Gasteiger partial charge in [0.05, 0.1) is 18.6 Å². The van der Waals surface area contributed by atoms with Gasteiger partial charge in [0, 0.05) is 13.0 Å². The van der Waals surface area contributed by atoms with Crippen molar-refractivity contribution in [2.24, 2.45) is 0 Å². The Morgan fingerprint density at radius 2 is 1.63 bits per heavy atom. The van der Waals surface area contributed by atoms with Crippen molar-refractivity contribution < 1.29 is 24.2 Å². The monoisotopic (exact) mass is 369 g/mol. The van der Waals surface area contributed by atoms with Crippen molar-refractivity contribution in [3.63, 3.8) is 0 Å². The van der Waals surface area contributed by atoms with Crippen LogP contribution in [0.25, 0.3) is 11.1 Å². The third-order valence-corrected chi connectivity index (χ3v) is 4.98. The fraction of sp³-hybridized carbons (Fsp3) is 0.333. The number of carbonyl (C=O) groups excluding carboxylic acids is 1. The molecule has 2 atom stereocenters. The summed E-state index contributed by atoms with van der Waals surface area (Å²) in [5, 5.41) is 11.6. The van der Waals surface area contributed by atoms with Crippen LogP contribution in [0, 0.1) is 0 Å². The number of methoxy groups -OCH3 is 1. The van der Waals surface area contributed by atoms with Crippen LogP contribution in [-0.4, -0.2) is 43.0 Å². The fourth-order valence-electron chi connectivity index (χ4n) is 3.48. The van der Waals surface area contributed by atoms with Crippen molar-refractivity contribution in [2.75, 3.05) is 13.7 Å². The molecule has 1 amide bonds. The highest BCUT2D eigenvalue weighted by atomic mass is 16.5. The molecule has 0 radical (unpaired) electrons. The van der Waals surface area contributed by atoms with Crippen LogP contribution in [0.4, 0.5) is 4.79 Å². The smallest absolute Gasteiger partial charge is 0.407 e. The summed E-state index contributed by atoms with van der Waals surface area (Å²) in [6.07, 6.45) is -1.33. The second kappa shape index (κ2) is 8.22. The second-order valence-electron chi connectivity index (χ2n) is 6.62. The number of benzene rings is 2. The zero-order chi connectivity index (χ0) is 19.4. The number of rotatable bonds is 7. The predicted octanol–water partition coefficient (Wildman–Crippen LogP) is 3.40. The minimum absolute atomic E-state index is 0.0408. The minimum Gasteiger partial charge on any atom is -0.481 e. The lowest BCUT2D eigenvalue weighted by Crippen LogP contribution is -2.44. The topological polar surface area (TPSA) is 84.9 Å². The van der Waals surface area contributed by atoms with E-state index in [1.807, 2.05) is 36.4 Å². The lowest BCUT2D eigenvalue weighted by molar-refractivity contribution is -0.138. The van der Waals surface area contributed by atoms with Crippen molar-refractivity contribution in [3.05, 3.63) is 59.7 Å². The Kier molecular flexibility index (Phi) is 5.76. The molecule has 1 aliphatic carbocycles. The molecule has 0 saturated heterocycles. The van der Waals surface area contributed by atoms with Crippen LogP contribution >= 0.6 is 0 Å². The van der Waals surface area contributed by atoms with Crippen LogP contribution in [0.3, 0.4) is 0 Å². The van der Waals surface area contributed by atoms with Crippen LogP contribution < -0.4 is 5.32 Å². The summed E-state index contributed by atoms with van der Waals surface area (Å²) in [5.41, 5.74) is 4.55. The van der Waals surface area contributed by atoms with Crippen LogP contribution in [-0.2, 0) is 14.3 Å². The van der Waals surface area contributed by atoms with Gasteiger partial charge in [-0.1, -0.05) is 48.5 Å². The fourth-order valence-corrected chi connectivity index (χ4v) is 3.48. The average Bonchev–Trinajstić information content (AvgIpc) is 2.99. The Bertz CT molecular complexity index is 789. The number of carbonyl (C=O) groups is 2. The van der Waals surface area contributed by atoms with Gasteiger partial charge in [-0.3, -0.25) is 4.79 Å². The van der Waals surface area contributed by atoms with Crippen molar-refractivity contribution in [2.45, 2.75) is 31.4 Å². The summed E-state index contributed by atoms with van der Waals surface area (Å²) in [5.74, 6) is -1.05. The van der Waals surface area contributed by atoms with E-state index >= 15 is 0 Å². The molecule has 2 aromatic rings. The molecule has 0 fully saturated rings. The van der Waals surface area contributed by atoms with Gasteiger partial charge in [-0.2, -0.15) is 0 Å². The van der Waals surface area contributed by atoms with Crippen LogP contribution in [0.5, 0.6) is 0 Å². The van der Waals surface area contributed by atoms with Crippen molar-refractivity contribution in [1.82, 2.24) is 5.32 Å². The molecule has 0 bridgehead atoms. The van der Waals surface area contributed by atoms with Crippen LogP contribution in [0.1, 0.15) is 30.4 Å². The lowest BCUT2D eigenvalue weighted by atomic mass is 9.98. The number of hydrogen-bond acceptors (Lipinski definition) is 4. The van der Waals surface area contributed by atoms with E-state index in [2.05, 4.69) is 17.4 Å². The van der Waals surface area contributed by atoms with Gasteiger partial charge in [-0.05, 0) is 29.2 Å². The Labute approximate surface area is 158 Å². The Morgan fingerprint density at radius 3 is 2.15 bits per heavy atom. The molecule has 0 heterocycles. The van der Waals surface area contributed by atoms with E-state index in [0.29, 0.717) is 0 Å². The number of aliphatic carboxylic acids is 1. The number of hydrogen-bond donors (Lipinski definition) is 2. The number of amides is 1. The highest BCUT2D eigenvalue weighted by Gasteiger charge is 2.29. The molecule has 2 aromatic carbocycles. The minimum atomic E-state index is -1.01. The zero-order valence-corrected chi connectivity index (χ0v) is 15.3. The van der Waals surface area contributed by atoms with Gasteiger partial charge in [0.15, 0.2) is 0 Å². The first-order valence-corrected chi connectivity index (χ1v) is 8.87. The third kappa shape index (κ3) is 4.11. The molecule has 27 heavy (non-hydrogen) atoms. The van der Waals surface area contributed by atoms with E-state index in [4.69, 9.17) is 14.6 Å². The van der Waals surface area contributed by atoms with E-state index in [1.165, 1.54) is 7.11 Å². The summed E-state index contributed by atoms with van der Waals surface area (Å²) in [6.45, 7) is 1.89. The number of fused-ring (bicyclic) bond motifs is 3. The van der Waals surface area contributed by atoms with Crippen LogP contribution in [0.15, 0.2) is 48.5 Å². The normalized spacial score (nSPS) is 14.7. The number of carboxylic acid groups (broad SMARTS) is 1. The highest BCUT2D eigenvalue weighted by molar-refractivity contribution is 5.79. The van der Waals surface area contributed by atoms with Crippen LogP contribution in [0.2, 0.25) is 0 Å². The summed E-state index contributed by atoms with van der Waals surface area (Å²) in [4.78, 5) is 23.3. The standard InChI is InChI=1S/C21H23NO5/c1-13(26-2)19(11-20(23)24)22-21(25)27-12-18-16-9-5-3-7-14(16)15-8-4-6-10-17(15)18/h3-10,13,18-19H,11-12H2,1-2H3,(H,22,25)(H,23,24)/t13-,19-/m1/s1. The van der Waals surface area contributed by atoms with Gasteiger partial charge in [0.2, 0.25) is 0 Å². The van der Waals surface area contributed by atoms with Gasteiger partial charge in [0.25, 0.3) is 0 Å². The lowest BCUT2D eigenvalue weighted by Gasteiger charge is -2.23. The van der Waals surface area contributed by atoms with Gasteiger partial charge >= 0.3 is 12.1 Å². The van der Waals surface area contributed by atoms with Crippen molar-refractivity contribution in [3.8, 4) is 11.1 Å². The maximum Gasteiger partial charge on any atom is 0.407 e. The number of carboxylic acids is 1. The SMILES string of the molecule is CO[C@H](C)[C@@H](CC(=O)O)NC(=O)OCC1c2ccccc2-c2ccccc21. The molecule has 1 aliphatic rings. The second-order valence-corrected chi connectivity index (χ2v) is 6.62. The molecule has 0 saturated carbocycles. The quantitative estimate of drug-likeness (QED) is 0.781. The summed E-state index contributed by atoms with van der Waals surface area (Å²) in [7, 11) is 1.47. The molecule has 0 aromatic heterocycles. The molecular formula is C21H23NO5. The molecule has 0 unspecified atom stereocenters. The Balaban J connectivity index is 1.69. The van der Waals surface area contributed by atoms with Gasteiger partial charge in [-0.15, -0.1) is 0 Å².